The van der Waals surface area contributed by atoms with Gasteiger partial charge in [0, 0.05) is 11.5 Å². The van der Waals surface area contributed by atoms with Crippen LogP contribution < -0.4 is 10.4 Å². The fourth-order valence-corrected chi connectivity index (χ4v) is 2.78. The number of fused-ring (bicyclic) bond motifs is 3. The van der Waals surface area contributed by atoms with E-state index in [0.717, 1.165) is 10.8 Å². The number of benzene rings is 3. The molecule has 0 aliphatic heterocycles. The molecule has 4 aromatic rings. The minimum atomic E-state index is -0.385. The Bertz CT molecular complexity index is 1140. The summed E-state index contributed by atoms with van der Waals surface area (Å²) < 4.78 is 11.1. The van der Waals surface area contributed by atoms with E-state index in [2.05, 4.69) is 0 Å². The number of phenols is 2. The van der Waals surface area contributed by atoms with E-state index in [-0.39, 0.29) is 23.7 Å². The van der Waals surface area contributed by atoms with Crippen molar-refractivity contribution >= 4 is 21.7 Å². The normalized spacial score (nSPS) is 11.0. The van der Waals surface area contributed by atoms with Crippen LogP contribution in [0.1, 0.15) is 5.56 Å². The second kappa shape index (κ2) is 5.87. The SMILES string of the molecule is O=c1oc2cc(OCc3ccc(O)c(O)c3)ccc2c2ccccc12. The van der Waals surface area contributed by atoms with Gasteiger partial charge in [0.05, 0.1) is 5.39 Å². The molecular formula is C20H14O5. The maximum Gasteiger partial charge on any atom is 0.344 e. The van der Waals surface area contributed by atoms with Gasteiger partial charge in [-0.05, 0) is 41.3 Å². The maximum atomic E-state index is 12.1. The first-order valence-electron chi connectivity index (χ1n) is 7.71. The number of rotatable bonds is 3. The molecule has 0 aliphatic carbocycles. The predicted molar refractivity (Wildman–Crippen MR) is 94.1 cm³/mol. The van der Waals surface area contributed by atoms with Crippen molar-refractivity contribution in [2.45, 2.75) is 6.61 Å². The molecule has 1 aromatic heterocycles. The van der Waals surface area contributed by atoms with Gasteiger partial charge in [-0.2, -0.15) is 0 Å². The molecule has 0 atom stereocenters. The smallest absolute Gasteiger partial charge is 0.344 e. The van der Waals surface area contributed by atoms with Crippen LogP contribution in [0.5, 0.6) is 17.2 Å². The lowest BCUT2D eigenvalue weighted by Crippen LogP contribution is -2.00. The molecule has 1 heterocycles. The summed E-state index contributed by atoms with van der Waals surface area (Å²) in [7, 11) is 0. The van der Waals surface area contributed by atoms with Gasteiger partial charge in [-0.3, -0.25) is 0 Å². The van der Waals surface area contributed by atoms with Crippen LogP contribution in [0.2, 0.25) is 0 Å². The quantitative estimate of drug-likeness (QED) is 0.337. The third-order valence-electron chi connectivity index (χ3n) is 4.04. The highest BCUT2D eigenvalue weighted by molar-refractivity contribution is 6.04. The van der Waals surface area contributed by atoms with Crippen LogP contribution in [-0.2, 0) is 6.61 Å². The van der Waals surface area contributed by atoms with Crippen LogP contribution in [0.25, 0.3) is 21.7 Å². The Hall–Kier alpha value is -3.47. The molecule has 0 bridgehead atoms. The van der Waals surface area contributed by atoms with Gasteiger partial charge in [0.25, 0.3) is 0 Å². The molecule has 0 fully saturated rings. The Labute approximate surface area is 142 Å². The van der Waals surface area contributed by atoms with Gasteiger partial charge in [0.1, 0.15) is 17.9 Å². The predicted octanol–water partition coefficient (Wildman–Crippen LogP) is 3.94. The number of hydrogen-bond donors (Lipinski definition) is 2. The van der Waals surface area contributed by atoms with Crippen molar-refractivity contribution in [3.8, 4) is 17.2 Å². The first-order chi connectivity index (χ1) is 12.1. The first kappa shape index (κ1) is 15.1. The molecule has 5 heteroatoms. The van der Waals surface area contributed by atoms with Crippen molar-refractivity contribution in [2.24, 2.45) is 0 Å². The van der Waals surface area contributed by atoms with E-state index in [1.165, 1.54) is 12.1 Å². The molecule has 25 heavy (non-hydrogen) atoms. The Morgan fingerprint density at radius 3 is 2.44 bits per heavy atom. The van der Waals surface area contributed by atoms with E-state index in [1.54, 1.807) is 30.3 Å². The molecule has 2 N–H and O–H groups in total. The van der Waals surface area contributed by atoms with Crippen LogP contribution in [0.15, 0.2) is 69.9 Å². The molecule has 5 nitrogen and oxygen atoms in total. The van der Waals surface area contributed by atoms with E-state index >= 15 is 0 Å². The van der Waals surface area contributed by atoms with Gasteiger partial charge >= 0.3 is 5.63 Å². The van der Waals surface area contributed by atoms with Crippen LogP contribution in [0.3, 0.4) is 0 Å². The van der Waals surface area contributed by atoms with E-state index in [4.69, 9.17) is 9.15 Å². The first-order valence-corrected chi connectivity index (χ1v) is 7.71. The van der Waals surface area contributed by atoms with Crippen LogP contribution >= 0.6 is 0 Å². The number of ether oxygens (including phenoxy) is 1. The number of phenolic OH excluding ortho intramolecular Hbond substituents is 2. The average molecular weight is 334 g/mol. The maximum absolute atomic E-state index is 12.1. The zero-order valence-electron chi connectivity index (χ0n) is 13.1. The molecule has 0 radical (unpaired) electrons. The molecule has 0 spiro atoms. The van der Waals surface area contributed by atoms with Gasteiger partial charge in [-0.25, -0.2) is 4.79 Å². The summed E-state index contributed by atoms with van der Waals surface area (Å²) in [6, 6.07) is 17.1. The van der Waals surface area contributed by atoms with Crippen molar-refractivity contribution in [2.75, 3.05) is 0 Å². The summed E-state index contributed by atoms with van der Waals surface area (Å²) in [5.41, 5.74) is 0.772. The highest BCUT2D eigenvalue weighted by Crippen LogP contribution is 2.28. The summed E-state index contributed by atoms with van der Waals surface area (Å²) in [5.74, 6) is 0.165. The largest absolute Gasteiger partial charge is 0.504 e. The van der Waals surface area contributed by atoms with E-state index in [1.807, 2.05) is 18.2 Å². The van der Waals surface area contributed by atoms with Crippen LogP contribution in [-0.4, -0.2) is 10.2 Å². The monoisotopic (exact) mass is 334 g/mol. The lowest BCUT2D eigenvalue weighted by molar-refractivity contribution is 0.304. The number of hydrogen-bond acceptors (Lipinski definition) is 5. The molecule has 3 aromatic carbocycles. The standard InChI is InChI=1S/C20H14O5/c21-17-8-5-12(9-18(17)22)11-24-13-6-7-15-14-3-1-2-4-16(14)20(23)25-19(15)10-13/h1-10,21-22H,11H2. The zero-order valence-corrected chi connectivity index (χ0v) is 13.1. The molecular weight excluding hydrogens is 320 g/mol. The summed E-state index contributed by atoms with van der Waals surface area (Å²) >= 11 is 0. The Kier molecular flexibility index (Phi) is 3.54. The van der Waals surface area contributed by atoms with Gasteiger partial charge in [0.15, 0.2) is 11.5 Å². The third kappa shape index (κ3) is 2.76. The lowest BCUT2D eigenvalue weighted by atomic mass is 10.1. The number of aromatic hydroxyl groups is 2. The highest BCUT2D eigenvalue weighted by atomic mass is 16.5. The van der Waals surface area contributed by atoms with Crippen molar-refractivity contribution in [3.63, 3.8) is 0 Å². The fourth-order valence-electron chi connectivity index (χ4n) is 2.78. The molecule has 0 saturated heterocycles. The molecule has 0 amide bonds. The van der Waals surface area contributed by atoms with Crippen molar-refractivity contribution < 1.29 is 19.4 Å². The molecule has 0 aliphatic rings. The van der Waals surface area contributed by atoms with Crippen LogP contribution in [0, 0.1) is 0 Å². The summed E-state index contributed by atoms with van der Waals surface area (Å²) in [6.07, 6.45) is 0. The topological polar surface area (TPSA) is 79.9 Å². The molecule has 0 unspecified atom stereocenters. The van der Waals surface area contributed by atoms with E-state index < -0.39 is 0 Å². The lowest BCUT2D eigenvalue weighted by Gasteiger charge is -2.09. The van der Waals surface area contributed by atoms with Gasteiger partial charge in [-0.15, -0.1) is 0 Å². The van der Waals surface area contributed by atoms with Crippen LogP contribution in [0.4, 0.5) is 0 Å². The molecule has 124 valence electrons. The second-order valence-corrected chi connectivity index (χ2v) is 5.70. The minimum Gasteiger partial charge on any atom is -0.504 e. The fraction of sp³-hybridized carbons (Fsp3) is 0.0500. The summed E-state index contributed by atoms with van der Waals surface area (Å²) in [4.78, 5) is 12.1. The Balaban J connectivity index is 1.68. The minimum absolute atomic E-state index is 0.178. The Morgan fingerprint density at radius 1 is 0.840 bits per heavy atom. The van der Waals surface area contributed by atoms with Crippen molar-refractivity contribution in [3.05, 3.63) is 76.6 Å². The zero-order chi connectivity index (χ0) is 17.4. The van der Waals surface area contributed by atoms with Gasteiger partial charge in [0.2, 0.25) is 0 Å². The van der Waals surface area contributed by atoms with Crippen molar-refractivity contribution in [1.29, 1.82) is 0 Å². The van der Waals surface area contributed by atoms with E-state index in [0.29, 0.717) is 22.3 Å². The van der Waals surface area contributed by atoms with Crippen molar-refractivity contribution in [1.82, 2.24) is 0 Å². The summed E-state index contributed by atoms with van der Waals surface area (Å²) in [5, 5.41) is 21.1. The Morgan fingerprint density at radius 2 is 1.64 bits per heavy atom. The average Bonchev–Trinajstić information content (AvgIpc) is 2.63. The molecule has 4 rings (SSSR count). The van der Waals surface area contributed by atoms with Gasteiger partial charge in [-0.1, -0.05) is 24.3 Å². The second-order valence-electron chi connectivity index (χ2n) is 5.70. The third-order valence-corrected chi connectivity index (χ3v) is 4.04. The molecule has 0 saturated carbocycles. The summed E-state index contributed by atoms with van der Waals surface area (Å²) in [6.45, 7) is 0.206. The van der Waals surface area contributed by atoms with Gasteiger partial charge < -0.3 is 19.4 Å². The highest BCUT2D eigenvalue weighted by Gasteiger charge is 2.08. The van der Waals surface area contributed by atoms with E-state index in [9.17, 15) is 15.0 Å².